The second-order valence-electron chi connectivity index (χ2n) is 9.66. The van der Waals surface area contributed by atoms with Crippen LogP contribution in [-0.2, 0) is 16.6 Å². The summed E-state index contributed by atoms with van der Waals surface area (Å²) < 4.78 is 18.9. The summed E-state index contributed by atoms with van der Waals surface area (Å²) in [5.74, 6) is 3.26. The molecule has 2 heterocycles. The number of nitrogens with one attached hydrogen (secondary N) is 1. The minimum atomic E-state index is -0.0470. The highest BCUT2D eigenvalue weighted by Crippen LogP contribution is 2.61. The van der Waals surface area contributed by atoms with Crippen molar-refractivity contribution in [1.82, 2.24) is 5.32 Å². The first-order valence-corrected chi connectivity index (χ1v) is 11.2. The molecular formula is C24H34N2O3. The van der Waals surface area contributed by atoms with Crippen molar-refractivity contribution in [3.8, 4) is 11.5 Å². The van der Waals surface area contributed by atoms with Crippen LogP contribution in [0.25, 0.3) is 0 Å². The molecule has 6 atom stereocenters. The van der Waals surface area contributed by atoms with Crippen LogP contribution >= 0.6 is 0 Å². The molecule has 4 aliphatic rings. The maximum absolute atomic E-state index is 6.70. The second-order valence-corrected chi connectivity index (χ2v) is 9.66. The highest BCUT2D eigenvalue weighted by Gasteiger charge is 2.63. The standard InChI is InChI=1S/C24H34N2O3/c1-14(2)10-15(12-25)13-28-20-7-5-17-18-11-16-4-6-19(27-3)22-21(16)24(17,8-9-26-18)23(20)29-22/h4-7,14-15,17-18,20,23,26H,8-13,25H2,1-3H3. The second kappa shape index (κ2) is 7.29. The lowest BCUT2D eigenvalue weighted by atomic mass is 9.53. The molecule has 1 fully saturated rings. The molecule has 1 spiro atoms. The zero-order chi connectivity index (χ0) is 20.2. The predicted octanol–water partition coefficient (Wildman–Crippen LogP) is 2.80. The van der Waals surface area contributed by atoms with E-state index in [1.807, 2.05) is 0 Å². The third kappa shape index (κ3) is 2.85. The van der Waals surface area contributed by atoms with Crippen LogP contribution in [0.2, 0.25) is 0 Å². The fourth-order valence-electron chi connectivity index (χ4n) is 6.40. The van der Waals surface area contributed by atoms with Crippen molar-refractivity contribution in [2.75, 3.05) is 26.8 Å². The van der Waals surface area contributed by atoms with E-state index in [-0.39, 0.29) is 17.6 Å². The quantitative estimate of drug-likeness (QED) is 0.692. The lowest BCUT2D eigenvalue weighted by Crippen LogP contribution is -2.65. The van der Waals surface area contributed by atoms with Crippen LogP contribution in [0, 0.1) is 17.8 Å². The number of methoxy groups -OCH3 is 1. The van der Waals surface area contributed by atoms with Crippen molar-refractivity contribution >= 4 is 0 Å². The van der Waals surface area contributed by atoms with Gasteiger partial charge in [0, 0.05) is 22.9 Å². The topological polar surface area (TPSA) is 65.7 Å². The summed E-state index contributed by atoms with van der Waals surface area (Å²) in [5, 5.41) is 3.76. The number of piperidine rings is 1. The molecule has 2 bridgehead atoms. The highest BCUT2D eigenvalue weighted by atomic mass is 16.6. The Kier molecular flexibility index (Phi) is 4.88. The number of benzene rings is 1. The zero-order valence-corrected chi connectivity index (χ0v) is 17.8. The van der Waals surface area contributed by atoms with Gasteiger partial charge in [0.15, 0.2) is 11.5 Å². The van der Waals surface area contributed by atoms with Gasteiger partial charge in [-0.25, -0.2) is 0 Å². The van der Waals surface area contributed by atoms with Gasteiger partial charge in [-0.3, -0.25) is 0 Å². The molecule has 2 aliphatic heterocycles. The Morgan fingerprint density at radius 3 is 2.93 bits per heavy atom. The van der Waals surface area contributed by atoms with Crippen LogP contribution in [0.1, 0.15) is 37.8 Å². The van der Waals surface area contributed by atoms with Gasteiger partial charge in [-0.2, -0.15) is 0 Å². The van der Waals surface area contributed by atoms with Crippen LogP contribution in [0.4, 0.5) is 0 Å². The summed E-state index contributed by atoms with van der Waals surface area (Å²) in [6.07, 6.45) is 7.82. The average molecular weight is 399 g/mol. The largest absolute Gasteiger partial charge is 0.493 e. The Morgan fingerprint density at radius 1 is 1.31 bits per heavy atom. The fraction of sp³-hybridized carbons (Fsp3) is 0.667. The minimum Gasteiger partial charge on any atom is -0.493 e. The van der Waals surface area contributed by atoms with Crippen LogP contribution < -0.4 is 20.5 Å². The van der Waals surface area contributed by atoms with Crippen molar-refractivity contribution in [3.05, 3.63) is 35.4 Å². The summed E-state index contributed by atoms with van der Waals surface area (Å²) >= 11 is 0. The molecule has 0 radical (unpaired) electrons. The molecule has 0 aromatic heterocycles. The molecule has 0 amide bonds. The van der Waals surface area contributed by atoms with E-state index in [9.17, 15) is 0 Å². The third-order valence-corrected chi connectivity index (χ3v) is 7.53. The molecule has 5 nitrogen and oxygen atoms in total. The monoisotopic (exact) mass is 398 g/mol. The Balaban J connectivity index is 1.49. The Morgan fingerprint density at radius 2 is 2.17 bits per heavy atom. The molecule has 158 valence electrons. The van der Waals surface area contributed by atoms with E-state index < -0.39 is 0 Å². The first-order valence-electron chi connectivity index (χ1n) is 11.2. The van der Waals surface area contributed by atoms with Crippen LogP contribution in [0.5, 0.6) is 11.5 Å². The molecular weight excluding hydrogens is 364 g/mol. The summed E-state index contributed by atoms with van der Waals surface area (Å²) in [5.41, 5.74) is 8.81. The van der Waals surface area contributed by atoms with Gasteiger partial charge < -0.3 is 25.3 Å². The molecule has 6 unspecified atom stereocenters. The Labute approximate surface area is 174 Å². The molecule has 2 aliphatic carbocycles. The molecule has 29 heavy (non-hydrogen) atoms. The maximum atomic E-state index is 6.70. The van der Waals surface area contributed by atoms with Gasteiger partial charge in [-0.15, -0.1) is 0 Å². The molecule has 5 rings (SSSR count). The summed E-state index contributed by atoms with van der Waals surface area (Å²) in [6, 6.07) is 4.77. The van der Waals surface area contributed by atoms with Gasteiger partial charge in [0.2, 0.25) is 0 Å². The van der Waals surface area contributed by atoms with Crippen LogP contribution in [0.3, 0.4) is 0 Å². The molecule has 1 aromatic carbocycles. The van der Waals surface area contributed by atoms with Gasteiger partial charge in [-0.05, 0) is 55.8 Å². The normalized spacial score (nSPS) is 34.7. The number of hydrogen-bond donors (Lipinski definition) is 2. The van der Waals surface area contributed by atoms with E-state index in [1.54, 1.807) is 7.11 Å². The van der Waals surface area contributed by atoms with Crippen LogP contribution in [-0.4, -0.2) is 45.1 Å². The summed E-state index contributed by atoms with van der Waals surface area (Å²) in [6.45, 7) is 6.86. The first kappa shape index (κ1) is 19.4. The SMILES string of the molecule is COc1ccc2c3c1OC1C(OCC(CN)CC(C)C)C=CC4C(C2)NCCC341. The molecule has 5 heteroatoms. The van der Waals surface area contributed by atoms with E-state index >= 15 is 0 Å². The van der Waals surface area contributed by atoms with Crippen LogP contribution in [0.15, 0.2) is 24.3 Å². The van der Waals surface area contributed by atoms with Crippen molar-refractivity contribution in [2.45, 2.75) is 56.8 Å². The lowest BCUT2D eigenvalue weighted by Gasteiger charge is -2.54. The number of ether oxygens (including phenoxy) is 3. The molecule has 0 saturated carbocycles. The van der Waals surface area contributed by atoms with Gasteiger partial charge in [0.05, 0.1) is 13.7 Å². The van der Waals surface area contributed by atoms with Crippen molar-refractivity contribution in [1.29, 1.82) is 0 Å². The Hall–Kier alpha value is -1.56. The van der Waals surface area contributed by atoms with Gasteiger partial charge >= 0.3 is 0 Å². The first-order chi connectivity index (χ1) is 14.1. The van der Waals surface area contributed by atoms with Gasteiger partial charge in [-0.1, -0.05) is 32.1 Å². The maximum Gasteiger partial charge on any atom is 0.165 e. The molecule has 1 aromatic rings. The van der Waals surface area contributed by atoms with E-state index in [1.165, 1.54) is 11.1 Å². The van der Waals surface area contributed by atoms with Crippen molar-refractivity contribution in [3.63, 3.8) is 0 Å². The van der Waals surface area contributed by atoms with Crippen molar-refractivity contribution < 1.29 is 14.2 Å². The smallest absolute Gasteiger partial charge is 0.165 e. The number of hydrogen-bond acceptors (Lipinski definition) is 5. The molecule has 1 saturated heterocycles. The van der Waals surface area contributed by atoms with E-state index in [2.05, 4.69) is 43.4 Å². The predicted molar refractivity (Wildman–Crippen MR) is 114 cm³/mol. The molecule has 3 N–H and O–H groups in total. The average Bonchev–Trinajstić information content (AvgIpc) is 3.05. The summed E-state index contributed by atoms with van der Waals surface area (Å²) in [7, 11) is 1.73. The Bertz CT molecular complexity index is 808. The number of rotatable bonds is 7. The zero-order valence-electron chi connectivity index (χ0n) is 17.8. The highest BCUT2D eigenvalue weighted by molar-refractivity contribution is 5.62. The lowest BCUT2D eigenvalue weighted by molar-refractivity contribution is -0.0621. The fourth-order valence-corrected chi connectivity index (χ4v) is 6.40. The summed E-state index contributed by atoms with van der Waals surface area (Å²) in [4.78, 5) is 0. The van der Waals surface area contributed by atoms with Crippen molar-refractivity contribution in [2.24, 2.45) is 23.5 Å². The van der Waals surface area contributed by atoms with E-state index in [4.69, 9.17) is 19.9 Å². The van der Waals surface area contributed by atoms with Gasteiger partial charge in [0.25, 0.3) is 0 Å². The minimum absolute atomic E-state index is 0.00456. The van der Waals surface area contributed by atoms with Gasteiger partial charge in [0.1, 0.15) is 12.2 Å². The number of nitrogens with two attached hydrogens (primary N) is 1. The third-order valence-electron chi connectivity index (χ3n) is 7.53. The van der Waals surface area contributed by atoms with E-state index in [0.29, 0.717) is 36.9 Å². The van der Waals surface area contributed by atoms with E-state index in [0.717, 1.165) is 37.3 Å².